The van der Waals surface area contributed by atoms with Crippen LogP contribution in [0.1, 0.15) is 19.8 Å². The second-order valence-electron chi connectivity index (χ2n) is 1.66. The molecule has 1 nitrogen and oxygen atoms in total. The summed E-state index contributed by atoms with van der Waals surface area (Å²) in [6.07, 6.45) is 2.93. The first-order valence-electron chi connectivity index (χ1n) is 2.49. The lowest BCUT2D eigenvalue weighted by atomic mass is 10.2. The van der Waals surface area contributed by atoms with Crippen molar-refractivity contribution in [2.24, 2.45) is 0 Å². The van der Waals surface area contributed by atoms with E-state index < -0.39 is 0 Å². The van der Waals surface area contributed by atoms with Crippen LogP contribution in [0.5, 0.6) is 0 Å². The average Bonchev–Trinajstić information content (AvgIpc) is 1.61. The minimum Gasteiger partial charge on any atom is -0.393 e. The third kappa shape index (κ3) is 5.70. The van der Waals surface area contributed by atoms with Crippen molar-refractivity contribution >= 4 is 0 Å². The molecule has 0 aromatic carbocycles. The molecule has 0 rings (SSSR count). The average molecular weight is 99.2 g/mol. The molecule has 0 aliphatic rings. The Morgan fingerprint density at radius 3 is 2.57 bits per heavy atom. The van der Waals surface area contributed by atoms with E-state index in [4.69, 9.17) is 11.7 Å². The lowest BCUT2D eigenvalue weighted by Crippen LogP contribution is -1.96. The summed E-state index contributed by atoms with van der Waals surface area (Å²) in [4.78, 5) is 0. The van der Waals surface area contributed by atoms with Crippen LogP contribution in [0.15, 0.2) is 6.08 Å². The van der Waals surface area contributed by atoms with Gasteiger partial charge in [-0.15, -0.1) is 0 Å². The Balaban J connectivity index is 2.81. The van der Waals surface area contributed by atoms with Crippen LogP contribution in [0.25, 0.3) is 0 Å². The molecule has 0 amide bonds. The predicted octanol–water partition coefficient (Wildman–Crippen LogP) is 1.14. The standard InChI is InChI=1S/C6H11O/c1-3-4-5-6(2)7/h1,3,6-7H,4-5H2,2H3. The topological polar surface area (TPSA) is 20.2 Å². The van der Waals surface area contributed by atoms with Crippen LogP contribution in [-0.4, -0.2) is 11.2 Å². The Morgan fingerprint density at radius 1 is 1.86 bits per heavy atom. The van der Waals surface area contributed by atoms with Crippen molar-refractivity contribution in [2.75, 3.05) is 0 Å². The Hall–Kier alpha value is -0.300. The molecular weight excluding hydrogens is 88.1 g/mol. The van der Waals surface area contributed by atoms with Gasteiger partial charge in [-0.3, -0.25) is 0 Å². The summed E-state index contributed by atoms with van der Waals surface area (Å²) in [5.74, 6) is 0. The molecule has 0 spiro atoms. The van der Waals surface area contributed by atoms with Gasteiger partial charge in [0, 0.05) is 0 Å². The Kier molecular flexibility index (Phi) is 3.71. The molecule has 0 saturated carbocycles. The van der Waals surface area contributed by atoms with Gasteiger partial charge in [0.05, 0.1) is 6.10 Å². The molecule has 0 aliphatic carbocycles. The predicted molar refractivity (Wildman–Crippen MR) is 29.8 cm³/mol. The van der Waals surface area contributed by atoms with E-state index in [0.29, 0.717) is 0 Å². The number of hydrogen-bond acceptors (Lipinski definition) is 1. The van der Waals surface area contributed by atoms with Crippen molar-refractivity contribution in [2.45, 2.75) is 25.9 Å². The molecule has 1 heteroatoms. The monoisotopic (exact) mass is 99.1 g/mol. The maximum absolute atomic E-state index is 8.61. The van der Waals surface area contributed by atoms with Gasteiger partial charge < -0.3 is 5.11 Å². The van der Waals surface area contributed by atoms with Gasteiger partial charge in [-0.25, -0.2) is 0 Å². The first-order valence-corrected chi connectivity index (χ1v) is 2.49. The number of rotatable bonds is 3. The molecule has 1 radical (unpaired) electrons. The smallest absolute Gasteiger partial charge is 0.0515 e. The lowest BCUT2D eigenvalue weighted by Gasteiger charge is -1.96. The molecule has 0 heterocycles. The molecule has 7 heavy (non-hydrogen) atoms. The van der Waals surface area contributed by atoms with Gasteiger partial charge in [0.25, 0.3) is 0 Å². The normalized spacial score (nSPS) is 13.4. The summed E-state index contributed by atoms with van der Waals surface area (Å²) in [7, 11) is 0. The van der Waals surface area contributed by atoms with Crippen LogP contribution in [0.3, 0.4) is 0 Å². The van der Waals surface area contributed by atoms with E-state index >= 15 is 0 Å². The molecule has 1 unspecified atom stereocenters. The molecule has 0 bridgehead atoms. The van der Waals surface area contributed by atoms with Crippen LogP contribution in [-0.2, 0) is 0 Å². The zero-order valence-corrected chi connectivity index (χ0v) is 4.59. The Labute approximate surface area is 44.7 Å². The van der Waals surface area contributed by atoms with Gasteiger partial charge in [0.15, 0.2) is 0 Å². The zero-order chi connectivity index (χ0) is 5.70. The molecule has 0 saturated heterocycles. The summed E-state index contributed by atoms with van der Waals surface area (Å²) in [6.45, 7) is 6.79. The van der Waals surface area contributed by atoms with Gasteiger partial charge in [-0.1, -0.05) is 12.7 Å². The highest BCUT2D eigenvalue weighted by atomic mass is 16.3. The molecule has 1 N–H and O–H groups in total. The summed E-state index contributed by atoms with van der Waals surface area (Å²) >= 11 is 0. The van der Waals surface area contributed by atoms with Gasteiger partial charge >= 0.3 is 0 Å². The van der Waals surface area contributed by atoms with Crippen LogP contribution < -0.4 is 0 Å². The van der Waals surface area contributed by atoms with E-state index in [1.54, 1.807) is 13.0 Å². The fourth-order valence-electron chi connectivity index (χ4n) is 0.337. The summed E-state index contributed by atoms with van der Waals surface area (Å²) in [6, 6.07) is 0. The molecule has 0 aliphatic heterocycles. The number of allylic oxidation sites excluding steroid dienone is 1. The highest BCUT2D eigenvalue weighted by Gasteiger charge is 1.88. The van der Waals surface area contributed by atoms with Crippen molar-refractivity contribution in [1.29, 1.82) is 0 Å². The molecule has 41 valence electrons. The van der Waals surface area contributed by atoms with E-state index in [1.807, 2.05) is 0 Å². The first kappa shape index (κ1) is 6.70. The van der Waals surface area contributed by atoms with Crippen LogP contribution >= 0.6 is 0 Å². The Bertz CT molecular complexity index is 48.1. The van der Waals surface area contributed by atoms with Gasteiger partial charge in [0.2, 0.25) is 0 Å². The third-order valence-electron chi connectivity index (χ3n) is 0.751. The molecule has 0 aromatic rings. The second kappa shape index (κ2) is 3.88. The molecular formula is C6H11O. The van der Waals surface area contributed by atoms with Crippen molar-refractivity contribution in [3.8, 4) is 0 Å². The maximum Gasteiger partial charge on any atom is 0.0515 e. The zero-order valence-electron chi connectivity index (χ0n) is 4.59. The van der Waals surface area contributed by atoms with Crippen molar-refractivity contribution in [3.63, 3.8) is 0 Å². The summed E-state index contributed by atoms with van der Waals surface area (Å²) in [5, 5.41) is 8.61. The summed E-state index contributed by atoms with van der Waals surface area (Å²) in [5.41, 5.74) is 0. The number of aliphatic hydroxyl groups excluding tert-OH is 1. The van der Waals surface area contributed by atoms with E-state index in [-0.39, 0.29) is 6.10 Å². The molecule has 0 aromatic heterocycles. The SMILES string of the molecule is [CH]=CCCC(C)O. The van der Waals surface area contributed by atoms with Crippen LogP contribution in [0.2, 0.25) is 0 Å². The first-order chi connectivity index (χ1) is 3.27. The van der Waals surface area contributed by atoms with Crippen LogP contribution in [0, 0.1) is 6.58 Å². The lowest BCUT2D eigenvalue weighted by molar-refractivity contribution is 0.186. The van der Waals surface area contributed by atoms with E-state index in [2.05, 4.69) is 0 Å². The highest BCUT2D eigenvalue weighted by Crippen LogP contribution is 1.93. The van der Waals surface area contributed by atoms with Crippen molar-refractivity contribution in [3.05, 3.63) is 12.7 Å². The Morgan fingerprint density at radius 2 is 2.43 bits per heavy atom. The van der Waals surface area contributed by atoms with Gasteiger partial charge in [-0.05, 0) is 19.8 Å². The highest BCUT2D eigenvalue weighted by molar-refractivity contribution is 4.63. The van der Waals surface area contributed by atoms with E-state index in [0.717, 1.165) is 12.8 Å². The van der Waals surface area contributed by atoms with E-state index in [9.17, 15) is 0 Å². The second-order valence-corrected chi connectivity index (χ2v) is 1.66. The molecule has 0 fully saturated rings. The third-order valence-corrected chi connectivity index (χ3v) is 0.751. The van der Waals surface area contributed by atoms with E-state index in [1.165, 1.54) is 0 Å². The van der Waals surface area contributed by atoms with Gasteiger partial charge in [0.1, 0.15) is 0 Å². The fraction of sp³-hybridized carbons (Fsp3) is 0.667. The number of aliphatic hydroxyl groups is 1. The minimum atomic E-state index is -0.209. The number of hydrogen-bond donors (Lipinski definition) is 1. The summed E-state index contributed by atoms with van der Waals surface area (Å²) < 4.78 is 0. The quantitative estimate of drug-likeness (QED) is 0.562. The fourth-order valence-corrected chi connectivity index (χ4v) is 0.337. The maximum atomic E-state index is 8.61. The largest absolute Gasteiger partial charge is 0.393 e. The van der Waals surface area contributed by atoms with Crippen LogP contribution in [0.4, 0.5) is 0 Å². The van der Waals surface area contributed by atoms with Gasteiger partial charge in [-0.2, -0.15) is 0 Å². The van der Waals surface area contributed by atoms with Crippen molar-refractivity contribution < 1.29 is 5.11 Å². The minimum absolute atomic E-state index is 0.209. The molecule has 1 atom stereocenters. The van der Waals surface area contributed by atoms with Crippen molar-refractivity contribution in [1.82, 2.24) is 0 Å².